The van der Waals surface area contributed by atoms with Gasteiger partial charge in [0.1, 0.15) is 5.82 Å². The van der Waals surface area contributed by atoms with Crippen LogP contribution < -0.4 is 5.32 Å². The molecule has 0 saturated carbocycles. The fourth-order valence-electron chi connectivity index (χ4n) is 3.63. The van der Waals surface area contributed by atoms with E-state index in [1.165, 1.54) is 0 Å². The van der Waals surface area contributed by atoms with Crippen molar-refractivity contribution in [2.75, 3.05) is 0 Å². The van der Waals surface area contributed by atoms with E-state index in [1.54, 1.807) is 12.4 Å². The van der Waals surface area contributed by atoms with Crippen LogP contribution >= 0.6 is 0 Å². The normalized spacial score (nSPS) is 11.1. The van der Waals surface area contributed by atoms with Crippen LogP contribution in [-0.4, -0.2) is 25.4 Å². The van der Waals surface area contributed by atoms with E-state index in [1.807, 2.05) is 78.3 Å². The molecule has 0 radical (unpaired) electrons. The topological polar surface area (TPSA) is 72.7 Å². The molecule has 0 atom stereocenters. The van der Waals surface area contributed by atoms with Crippen LogP contribution in [0.4, 0.5) is 0 Å². The molecule has 3 heterocycles. The Morgan fingerprint density at radius 2 is 1.77 bits per heavy atom. The first kappa shape index (κ1) is 18.0. The molecule has 0 fully saturated rings. The van der Waals surface area contributed by atoms with Crippen LogP contribution in [0.5, 0.6) is 0 Å². The third kappa shape index (κ3) is 3.18. The minimum atomic E-state index is -0.161. The van der Waals surface area contributed by atoms with Gasteiger partial charge >= 0.3 is 0 Å². The van der Waals surface area contributed by atoms with Crippen LogP contribution in [0.15, 0.2) is 79.1 Å². The van der Waals surface area contributed by atoms with Crippen molar-refractivity contribution in [3.05, 3.63) is 90.5 Å². The minimum absolute atomic E-state index is 0.161. The van der Waals surface area contributed by atoms with Gasteiger partial charge in [-0.25, -0.2) is 9.97 Å². The lowest BCUT2D eigenvalue weighted by atomic mass is 10.0. The molecule has 0 bridgehead atoms. The van der Waals surface area contributed by atoms with E-state index < -0.39 is 0 Å². The average molecular weight is 393 g/mol. The largest absolute Gasteiger partial charge is 0.345 e. The second-order valence-corrected chi connectivity index (χ2v) is 7.07. The molecule has 1 N–H and O–H groups in total. The Kier molecular flexibility index (Phi) is 4.44. The number of imidazole rings is 1. The predicted molar refractivity (Wildman–Crippen MR) is 117 cm³/mol. The standard InChI is InChI=1S/C24H19N5O/c1-29-22-11-5-4-10-20(22)28-23(29)15-26-24(30)18-13-21(16-7-6-12-25-14-16)27-19-9-3-2-8-17(18)19/h2-14H,15H2,1H3,(H,26,30). The van der Waals surface area contributed by atoms with Crippen molar-refractivity contribution < 1.29 is 4.79 Å². The summed E-state index contributed by atoms with van der Waals surface area (Å²) in [4.78, 5) is 26.7. The molecule has 1 amide bonds. The first-order valence-corrected chi connectivity index (χ1v) is 9.69. The maximum atomic E-state index is 13.2. The molecule has 0 aliphatic rings. The summed E-state index contributed by atoms with van der Waals surface area (Å²) in [6.07, 6.45) is 3.47. The number of pyridine rings is 2. The van der Waals surface area contributed by atoms with Crippen LogP contribution in [0.25, 0.3) is 33.2 Å². The molecule has 0 saturated heterocycles. The number of aromatic nitrogens is 4. The molecule has 5 aromatic rings. The molecule has 0 aliphatic carbocycles. The Morgan fingerprint density at radius 1 is 0.967 bits per heavy atom. The van der Waals surface area contributed by atoms with Gasteiger partial charge in [0.2, 0.25) is 0 Å². The van der Waals surface area contributed by atoms with Gasteiger partial charge in [0, 0.05) is 30.4 Å². The number of amides is 1. The van der Waals surface area contributed by atoms with Crippen molar-refractivity contribution in [2.24, 2.45) is 7.05 Å². The van der Waals surface area contributed by atoms with Gasteiger partial charge in [-0.05, 0) is 36.4 Å². The lowest BCUT2D eigenvalue weighted by Crippen LogP contribution is -2.24. The number of benzene rings is 2. The van der Waals surface area contributed by atoms with Crippen LogP contribution in [0.1, 0.15) is 16.2 Å². The highest BCUT2D eigenvalue weighted by Gasteiger charge is 2.15. The van der Waals surface area contributed by atoms with E-state index in [2.05, 4.69) is 15.3 Å². The number of carbonyl (C=O) groups excluding carboxylic acids is 1. The minimum Gasteiger partial charge on any atom is -0.345 e. The monoisotopic (exact) mass is 393 g/mol. The predicted octanol–water partition coefficient (Wildman–Crippen LogP) is 4.11. The van der Waals surface area contributed by atoms with Crippen LogP contribution in [-0.2, 0) is 13.6 Å². The maximum absolute atomic E-state index is 13.2. The van der Waals surface area contributed by atoms with E-state index >= 15 is 0 Å². The smallest absolute Gasteiger partial charge is 0.252 e. The molecule has 0 spiro atoms. The number of carbonyl (C=O) groups is 1. The van der Waals surface area contributed by atoms with Gasteiger partial charge in [-0.1, -0.05) is 30.3 Å². The van der Waals surface area contributed by atoms with Crippen LogP contribution in [0.2, 0.25) is 0 Å². The summed E-state index contributed by atoms with van der Waals surface area (Å²) in [7, 11) is 1.96. The highest BCUT2D eigenvalue weighted by atomic mass is 16.1. The van der Waals surface area contributed by atoms with Gasteiger partial charge in [-0.3, -0.25) is 9.78 Å². The number of hydrogen-bond donors (Lipinski definition) is 1. The number of rotatable bonds is 4. The summed E-state index contributed by atoms with van der Waals surface area (Å²) >= 11 is 0. The number of para-hydroxylation sites is 3. The fourth-order valence-corrected chi connectivity index (χ4v) is 3.63. The van der Waals surface area contributed by atoms with E-state index in [4.69, 9.17) is 4.98 Å². The Hall–Kier alpha value is -4.06. The summed E-state index contributed by atoms with van der Waals surface area (Å²) in [6.45, 7) is 0.336. The highest BCUT2D eigenvalue weighted by Crippen LogP contribution is 2.24. The van der Waals surface area contributed by atoms with Gasteiger partial charge in [-0.15, -0.1) is 0 Å². The van der Waals surface area contributed by atoms with E-state index in [0.29, 0.717) is 12.1 Å². The quantitative estimate of drug-likeness (QED) is 0.499. The zero-order valence-corrected chi connectivity index (χ0v) is 16.4. The second-order valence-electron chi connectivity index (χ2n) is 7.07. The Labute approximate surface area is 173 Å². The average Bonchev–Trinajstić information content (AvgIpc) is 3.13. The Bertz CT molecular complexity index is 1370. The molecular weight excluding hydrogens is 374 g/mol. The van der Waals surface area contributed by atoms with E-state index in [-0.39, 0.29) is 5.91 Å². The molecule has 5 rings (SSSR count). The number of nitrogens with zero attached hydrogens (tertiary/aromatic N) is 4. The van der Waals surface area contributed by atoms with Crippen molar-refractivity contribution in [3.8, 4) is 11.3 Å². The molecule has 6 heteroatoms. The van der Waals surface area contributed by atoms with Crippen molar-refractivity contribution in [2.45, 2.75) is 6.54 Å². The number of nitrogens with one attached hydrogen (secondary N) is 1. The SMILES string of the molecule is Cn1c(CNC(=O)c2cc(-c3cccnc3)nc3ccccc23)nc2ccccc21. The van der Waals surface area contributed by atoms with Crippen LogP contribution in [0.3, 0.4) is 0 Å². The van der Waals surface area contributed by atoms with Gasteiger partial charge in [0.25, 0.3) is 5.91 Å². The van der Waals surface area contributed by atoms with Crippen molar-refractivity contribution in [3.63, 3.8) is 0 Å². The van der Waals surface area contributed by atoms with E-state index in [0.717, 1.165) is 39.0 Å². The lowest BCUT2D eigenvalue weighted by Gasteiger charge is -2.10. The number of fused-ring (bicyclic) bond motifs is 2. The summed E-state index contributed by atoms with van der Waals surface area (Å²) in [6, 6.07) is 21.2. The van der Waals surface area contributed by atoms with E-state index in [9.17, 15) is 4.79 Å². The molecule has 2 aromatic carbocycles. The summed E-state index contributed by atoms with van der Waals surface area (Å²) < 4.78 is 2.00. The molecule has 3 aromatic heterocycles. The summed E-state index contributed by atoms with van der Waals surface area (Å²) in [5, 5.41) is 3.83. The van der Waals surface area contributed by atoms with Crippen molar-refractivity contribution >= 4 is 27.8 Å². The van der Waals surface area contributed by atoms with Crippen LogP contribution in [0, 0.1) is 0 Å². The Morgan fingerprint density at radius 3 is 2.57 bits per heavy atom. The van der Waals surface area contributed by atoms with Gasteiger partial charge < -0.3 is 9.88 Å². The van der Waals surface area contributed by atoms with Gasteiger partial charge in [0.05, 0.1) is 34.4 Å². The van der Waals surface area contributed by atoms with Gasteiger partial charge in [0.15, 0.2) is 0 Å². The molecule has 146 valence electrons. The number of hydrogen-bond acceptors (Lipinski definition) is 4. The molecule has 6 nitrogen and oxygen atoms in total. The zero-order valence-electron chi connectivity index (χ0n) is 16.4. The third-order valence-electron chi connectivity index (χ3n) is 5.20. The molecular formula is C24H19N5O. The van der Waals surface area contributed by atoms with Gasteiger partial charge in [-0.2, -0.15) is 0 Å². The summed E-state index contributed by atoms with van der Waals surface area (Å²) in [5.74, 6) is 0.640. The zero-order chi connectivity index (χ0) is 20.5. The molecule has 0 aliphatic heterocycles. The lowest BCUT2D eigenvalue weighted by molar-refractivity contribution is 0.0951. The maximum Gasteiger partial charge on any atom is 0.252 e. The molecule has 0 unspecified atom stereocenters. The molecule has 30 heavy (non-hydrogen) atoms. The van der Waals surface area contributed by atoms with Crippen molar-refractivity contribution in [1.82, 2.24) is 24.8 Å². The summed E-state index contributed by atoms with van der Waals surface area (Å²) in [5.41, 5.74) is 4.89. The first-order chi connectivity index (χ1) is 14.7. The third-order valence-corrected chi connectivity index (χ3v) is 5.20. The van der Waals surface area contributed by atoms with Crippen molar-refractivity contribution in [1.29, 1.82) is 0 Å². The highest BCUT2D eigenvalue weighted by molar-refractivity contribution is 6.07. The second kappa shape index (κ2) is 7.40. The fraction of sp³-hybridized carbons (Fsp3) is 0.0833. The number of aryl methyl sites for hydroxylation is 1. The Balaban J connectivity index is 1.50. The first-order valence-electron chi connectivity index (χ1n) is 9.69.